The first-order valence-electron chi connectivity index (χ1n) is 7.02. The Labute approximate surface area is 134 Å². The highest BCUT2D eigenvalue weighted by Gasteiger charge is 2.26. The average molecular weight is 323 g/mol. The summed E-state index contributed by atoms with van der Waals surface area (Å²) in [6.07, 6.45) is -1.26. The second kappa shape index (κ2) is 7.62. The molecule has 1 rings (SSSR count). The Balaban J connectivity index is 2.73. The predicted molar refractivity (Wildman–Crippen MR) is 82.7 cm³/mol. The molecule has 1 atom stereocenters. The highest BCUT2D eigenvalue weighted by Crippen LogP contribution is 2.14. The number of ether oxygens (including phenoxy) is 2. The molecule has 7 nitrogen and oxygen atoms in total. The monoisotopic (exact) mass is 323 g/mol. The molecular formula is C16H21NO6. The van der Waals surface area contributed by atoms with Crippen molar-refractivity contribution >= 4 is 17.8 Å². The number of hydrogen-bond donors (Lipinski definition) is 2. The topological polar surface area (TPSA) is 102 Å². The Bertz CT molecular complexity index is 573. The second-order valence-corrected chi connectivity index (χ2v) is 5.89. The molecule has 0 aromatic heterocycles. The van der Waals surface area contributed by atoms with E-state index >= 15 is 0 Å². The molecule has 0 heterocycles. The van der Waals surface area contributed by atoms with E-state index in [9.17, 15) is 14.4 Å². The van der Waals surface area contributed by atoms with Crippen molar-refractivity contribution in [3.8, 4) is 5.75 Å². The van der Waals surface area contributed by atoms with Gasteiger partial charge in [0.1, 0.15) is 17.4 Å². The molecule has 1 amide bonds. The Hall–Kier alpha value is -2.57. The molecule has 23 heavy (non-hydrogen) atoms. The number of Topliss-reactive ketones (excluding diaryl/α,β-unsaturated/α-hetero) is 1. The molecule has 0 spiro atoms. The summed E-state index contributed by atoms with van der Waals surface area (Å²) in [6.45, 7) is 4.97. The zero-order valence-corrected chi connectivity index (χ0v) is 13.6. The SMILES string of the molecule is COc1ccc(C(=O)CC(NC(=O)OC(C)(C)C)C(=O)O)cc1. The molecule has 0 aliphatic rings. The van der Waals surface area contributed by atoms with E-state index in [-0.39, 0.29) is 6.42 Å². The number of methoxy groups -OCH3 is 1. The highest BCUT2D eigenvalue weighted by atomic mass is 16.6. The van der Waals surface area contributed by atoms with E-state index in [1.54, 1.807) is 32.9 Å². The molecule has 0 saturated heterocycles. The lowest BCUT2D eigenvalue weighted by Crippen LogP contribution is -2.44. The summed E-state index contributed by atoms with van der Waals surface area (Å²) in [6, 6.07) is 4.91. The van der Waals surface area contributed by atoms with Crippen LogP contribution < -0.4 is 10.1 Å². The van der Waals surface area contributed by atoms with Gasteiger partial charge in [-0.15, -0.1) is 0 Å². The van der Waals surface area contributed by atoms with E-state index < -0.39 is 29.5 Å². The van der Waals surface area contributed by atoms with Crippen LogP contribution >= 0.6 is 0 Å². The maximum absolute atomic E-state index is 12.1. The Morgan fingerprint density at radius 3 is 2.17 bits per heavy atom. The number of benzene rings is 1. The van der Waals surface area contributed by atoms with Crippen LogP contribution in [0.25, 0.3) is 0 Å². The van der Waals surface area contributed by atoms with Gasteiger partial charge in [0.2, 0.25) is 0 Å². The molecule has 0 saturated carbocycles. The highest BCUT2D eigenvalue weighted by molar-refractivity contribution is 5.99. The normalized spacial score (nSPS) is 12.2. The first-order chi connectivity index (χ1) is 10.6. The first-order valence-corrected chi connectivity index (χ1v) is 7.02. The third-order valence-corrected chi connectivity index (χ3v) is 2.79. The third kappa shape index (κ3) is 6.37. The fourth-order valence-electron chi connectivity index (χ4n) is 1.73. The van der Waals surface area contributed by atoms with Crippen molar-refractivity contribution in [1.29, 1.82) is 0 Å². The maximum Gasteiger partial charge on any atom is 0.408 e. The molecule has 0 aliphatic carbocycles. The van der Waals surface area contributed by atoms with E-state index in [1.807, 2.05) is 0 Å². The van der Waals surface area contributed by atoms with Gasteiger partial charge >= 0.3 is 12.1 Å². The van der Waals surface area contributed by atoms with E-state index in [0.29, 0.717) is 11.3 Å². The number of amides is 1. The average Bonchev–Trinajstić information content (AvgIpc) is 2.44. The van der Waals surface area contributed by atoms with Crippen LogP contribution in [0.3, 0.4) is 0 Å². The van der Waals surface area contributed by atoms with E-state index in [2.05, 4.69) is 5.32 Å². The van der Waals surface area contributed by atoms with Gasteiger partial charge in [-0.25, -0.2) is 9.59 Å². The van der Waals surface area contributed by atoms with Gasteiger partial charge < -0.3 is 19.9 Å². The van der Waals surface area contributed by atoms with Gasteiger partial charge in [-0.1, -0.05) is 0 Å². The van der Waals surface area contributed by atoms with Crippen LogP contribution in [-0.4, -0.2) is 41.7 Å². The van der Waals surface area contributed by atoms with Crippen molar-refractivity contribution in [3.05, 3.63) is 29.8 Å². The number of ketones is 1. The zero-order valence-electron chi connectivity index (χ0n) is 13.6. The Kier molecular flexibility index (Phi) is 6.12. The maximum atomic E-state index is 12.1. The molecule has 126 valence electrons. The summed E-state index contributed by atoms with van der Waals surface area (Å²) in [5, 5.41) is 11.3. The van der Waals surface area contributed by atoms with Crippen molar-refractivity contribution in [2.45, 2.75) is 38.8 Å². The van der Waals surface area contributed by atoms with Crippen LogP contribution in [-0.2, 0) is 9.53 Å². The quantitative estimate of drug-likeness (QED) is 0.779. The summed E-state index contributed by atoms with van der Waals surface area (Å²) in [4.78, 5) is 35.0. The molecule has 0 fully saturated rings. The summed E-state index contributed by atoms with van der Waals surface area (Å²) >= 11 is 0. The Morgan fingerprint density at radius 2 is 1.74 bits per heavy atom. The van der Waals surface area contributed by atoms with Crippen molar-refractivity contribution in [2.24, 2.45) is 0 Å². The molecule has 0 bridgehead atoms. The molecule has 0 aliphatic heterocycles. The summed E-state index contributed by atoms with van der Waals surface area (Å²) < 4.78 is 9.98. The van der Waals surface area contributed by atoms with Crippen LogP contribution in [0, 0.1) is 0 Å². The summed E-state index contributed by atoms with van der Waals surface area (Å²) in [5.74, 6) is -1.13. The van der Waals surface area contributed by atoms with Crippen molar-refractivity contribution in [3.63, 3.8) is 0 Å². The zero-order chi connectivity index (χ0) is 17.6. The number of alkyl carbamates (subject to hydrolysis) is 1. The number of rotatable bonds is 6. The van der Waals surface area contributed by atoms with E-state index in [0.717, 1.165) is 0 Å². The number of carboxylic acids is 1. The van der Waals surface area contributed by atoms with Crippen molar-refractivity contribution < 1.29 is 29.0 Å². The molecule has 7 heteroatoms. The van der Waals surface area contributed by atoms with Crippen LogP contribution in [0.2, 0.25) is 0 Å². The lowest BCUT2D eigenvalue weighted by Gasteiger charge is -2.21. The predicted octanol–water partition coefficient (Wildman–Crippen LogP) is 2.25. The van der Waals surface area contributed by atoms with Gasteiger partial charge in [0, 0.05) is 12.0 Å². The summed E-state index contributed by atoms with van der Waals surface area (Å²) in [7, 11) is 1.50. The van der Waals surface area contributed by atoms with Gasteiger partial charge in [-0.2, -0.15) is 0 Å². The number of aliphatic carboxylic acids is 1. The van der Waals surface area contributed by atoms with E-state index in [4.69, 9.17) is 14.6 Å². The number of nitrogens with one attached hydrogen (secondary N) is 1. The van der Waals surface area contributed by atoms with Crippen LogP contribution in [0.5, 0.6) is 5.75 Å². The lowest BCUT2D eigenvalue weighted by atomic mass is 10.0. The van der Waals surface area contributed by atoms with E-state index in [1.165, 1.54) is 19.2 Å². The van der Waals surface area contributed by atoms with Crippen LogP contribution in [0.1, 0.15) is 37.6 Å². The van der Waals surface area contributed by atoms with Crippen LogP contribution in [0.15, 0.2) is 24.3 Å². The lowest BCUT2D eigenvalue weighted by molar-refractivity contribution is -0.139. The number of carboxylic acid groups (broad SMARTS) is 1. The van der Waals surface area contributed by atoms with Crippen molar-refractivity contribution in [2.75, 3.05) is 7.11 Å². The molecule has 1 aromatic carbocycles. The van der Waals surface area contributed by atoms with Gasteiger partial charge in [0.15, 0.2) is 5.78 Å². The molecule has 2 N–H and O–H groups in total. The number of carbonyl (C=O) groups is 3. The minimum absolute atomic E-state index is 0.336. The molecule has 0 radical (unpaired) electrons. The minimum Gasteiger partial charge on any atom is -0.497 e. The van der Waals surface area contributed by atoms with Gasteiger partial charge in [-0.3, -0.25) is 4.79 Å². The fraction of sp³-hybridized carbons (Fsp3) is 0.438. The molecular weight excluding hydrogens is 302 g/mol. The second-order valence-electron chi connectivity index (χ2n) is 5.89. The van der Waals surface area contributed by atoms with Gasteiger partial charge in [0.25, 0.3) is 0 Å². The first kappa shape index (κ1) is 18.5. The van der Waals surface area contributed by atoms with Gasteiger partial charge in [-0.05, 0) is 45.0 Å². The smallest absolute Gasteiger partial charge is 0.408 e. The molecule has 1 aromatic rings. The van der Waals surface area contributed by atoms with Crippen LogP contribution in [0.4, 0.5) is 4.79 Å². The largest absolute Gasteiger partial charge is 0.497 e. The molecule has 1 unspecified atom stereocenters. The number of carbonyl (C=O) groups excluding carboxylic acids is 2. The fourth-order valence-corrected chi connectivity index (χ4v) is 1.73. The standard InChI is InChI=1S/C16H21NO6/c1-16(2,3)23-15(21)17-12(14(19)20)9-13(18)10-5-7-11(22-4)8-6-10/h5-8,12H,9H2,1-4H3,(H,17,21)(H,19,20). The van der Waals surface area contributed by atoms with Crippen molar-refractivity contribution in [1.82, 2.24) is 5.32 Å². The summed E-state index contributed by atoms with van der Waals surface area (Å²) in [5.41, 5.74) is -0.421. The third-order valence-electron chi connectivity index (χ3n) is 2.79. The minimum atomic E-state index is -1.36. The van der Waals surface area contributed by atoms with Gasteiger partial charge in [0.05, 0.1) is 7.11 Å². The Morgan fingerprint density at radius 1 is 1.17 bits per heavy atom. The number of hydrogen-bond acceptors (Lipinski definition) is 5.